The number of aliphatic carboxylic acids is 1. The number of nitrogens with one attached hydrogen (secondary N) is 1. The average Bonchev–Trinajstić information content (AvgIpc) is 2.42. The molecular weight excluding hydrogens is 320 g/mol. The molecule has 1 saturated heterocycles. The van der Waals surface area contributed by atoms with Crippen molar-refractivity contribution in [2.45, 2.75) is 38.3 Å². The van der Waals surface area contributed by atoms with E-state index in [2.05, 4.69) is 40.0 Å². The van der Waals surface area contributed by atoms with Gasteiger partial charge in [0.2, 0.25) is 0 Å². The number of halogens is 1. The van der Waals surface area contributed by atoms with Gasteiger partial charge in [-0.1, -0.05) is 12.1 Å². The topological polar surface area (TPSA) is 52.6 Å². The Morgan fingerprint density at radius 2 is 1.95 bits per heavy atom. The van der Waals surface area contributed by atoms with Crippen molar-refractivity contribution in [3.63, 3.8) is 0 Å². The smallest absolute Gasteiger partial charge is 0.329 e. The first-order valence-corrected chi connectivity index (χ1v) is 7.74. The van der Waals surface area contributed by atoms with E-state index in [1.165, 1.54) is 0 Å². The average molecular weight is 341 g/mol. The van der Waals surface area contributed by atoms with E-state index in [1.54, 1.807) is 0 Å². The second-order valence-corrected chi connectivity index (χ2v) is 6.48. The molecule has 1 fully saturated rings. The quantitative estimate of drug-likeness (QED) is 0.883. The maximum atomic E-state index is 11.8. The largest absolute Gasteiger partial charge is 0.480 e. The van der Waals surface area contributed by atoms with Crippen LogP contribution in [-0.4, -0.2) is 40.6 Å². The van der Waals surface area contributed by atoms with E-state index in [4.69, 9.17) is 0 Å². The molecule has 1 heterocycles. The third kappa shape index (κ3) is 3.15. The minimum Gasteiger partial charge on any atom is -0.480 e. The van der Waals surface area contributed by atoms with E-state index in [0.29, 0.717) is 18.9 Å². The fourth-order valence-corrected chi connectivity index (χ4v) is 3.02. The number of rotatable bonds is 4. The summed E-state index contributed by atoms with van der Waals surface area (Å²) in [7, 11) is 0. The van der Waals surface area contributed by atoms with Crippen LogP contribution in [0.2, 0.25) is 0 Å². The van der Waals surface area contributed by atoms with Gasteiger partial charge in [-0.25, -0.2) is 4.79 Å². The van der Waals surface area contributed by atoms with Gasteiger partial charge in [0.1, 0.15) is 5.54 Å². The van der Waals surface area contributed by atoms with Crippen LogP contribution in [0, 0.1) is 0 Å². The van der Waals surface area contributed by atoms with E-state index < -0.39 is 11.5 Å². The molecule has 0 amide bonds. The lowest BCUT2D eigenvalue weighted by molar-refractivity contribution is -0.144. The number of carbonyl (C=O) groups is 1. The summed E-state index contributed by atoms with van der Waals surface area (Å²) in [5, 5.41) is 12.9. The Hall–Kier alpha value is -1.07. The molecule has 0 aromatic heterocycles. The van der Waals surface area contributed by atoms with Crippen molar-refractivity contribution in [1.29, 1.82) is 0 Å². The summed E-state index contributed by atoms with van der Waals surface area (Å²) in [5.74, 6) is -0.767. The van der Waals surface area contributed by atoms with Crippen molar-refractivity contribution < 1.29 is 9.90 Å². The van der Waals surface area contributed by atoms with Gasteiger partial charge in [-0.05, 0) is 54.8 Å². The Morgan fingerprint density at radius 1 is 1.35 bits per heavy atom. The van der Waals surface area contributed by atoms with E-state index in [-0.39, 0.29) is 0 Å². The standard InChI is InChI=1S/C15H21BrN2O2/c1-11(2)18-9-7-15(8-10-18,14(19)20)17-13-6-4-3-5-12(13)16/h3-6,11,17H,7-10H2,1-2H3,(H,19,20). The lowest BCUT2D eigenvalue weighted by atomic mass is 9.86. The van der Waals surface area contributed by atoms with Gasteiger partial charge >= 0.3 is 5.97 Å². The molecule has 1 aromatic rings. The summed E-state index contributed by atoms with van der Waals surface area (Å²) in [6.45, 7) is 5.91. The van der Waals surface area contributed by atoms with Crippen LogP contribution >= 0.6 is 15.9 Å². The van der Waals surface area contributed by atoms with Crippen LogP contribution in [0.1, 0.15) is 26.7 Å². The fraction of sp³-hybridized carbons (Fsp3) is 0.533. The summed E-state index contributed by atoms with van der Waals surface area (Å²) in [6.07, 6.45) is 1.23. The fourth-order valence-electron chi connectivity index (χ4n) is 2.63. The molecule has 1 aliphatic heterocycles. The van der Waals surface area contributed by atoms with Gasteiger partial charge in [-0.15, -0.1) is 0 Å². The molecule has 0 atom stereocenters. The summed E-state index contributed by atoms with van der Waals surface area (Å²) >= 11 is 3.47. The second kappa shape index (κ2) is 6.14. The number of carboxylic acids is 1. The van der Waals surface area contributed by atoms with E-state index in [9.17, 15) is 9.90 Å². The van der Waals surface area contributed by atoms with Gasteiger partial charge in [0.05, 0.1) is 0 Å². The lowest BCUT2D eigenvalue weighted by Gasteiger charge is -2.41. The summed E-state index contributed by atoms with van der Waals surface area (Å²) in [6, 6.07) is 8.12. The van der Waals surface area contributed by atoms with Crippen molar-refractivity contribution in [2.75, 3.05) is 18.4 Å². The minimum atomic E-state index is -0.866. The van der Waals surface area contributed by atoms with Crippen molar-refractivity contribution in [2.24, 2.45) is 0 Å². The first-order valence-electron chi connectivity index (χ1n) is 6.95. The molecule has 20 heavy (non-hydrogen) atoms. The number of hydrogen-bond acceptors (Lipinski definition) is 3. The Morgan fingerprint density at radius 3 is 2.45 bits per heavy atom. The van der Waals surface area contributed by atoms with E-state index >= 15 is 0 Å². The van der Waals surface area contributed by atoms with Crippen LogP contribution in [0.4, 0.5) is 5.69 Å². The molecular formula is C15H21BrN2O2. The zero-order chi connectivity index (χ0) is 14.8. The first-order chi connectivity index (χ1) is 9.44. The van der Waals surface area contributed by atoms with Crippen LogP contribution in [0.5, 0.6) is 0 Å². The van der Waals surface area contributed by atoms with Crippen LogP contribution in [0.25, 0.3) is 0 Å². The number of piperidine rings is 1. The predicted molar refractivity (Wildman–Crippen MR) is 84.1 cm³/mol. The van der Waals surface area contributed by atoms with Gasteiger partial charge in [-0.3, -0.25) is 0 Å². The highest BCUT2D eigenvalue weighted by Gasteiger charge is 2.42. The third-order valence-electron chi connectivity index (χ3n) is 4.04. The van der Waals surface area contributed by atoms with Crippen LogP contribution in [-0.2, 0) is 4.79 Å². The van der Waals surface area contributed by atoms with Crippen molar-refractivity contribution >= 4 is 27.6 Å². The number of carboxylic acid groups (broad SMARTS) is 1. The summed E-state index contributed by atoms with van der Waals surface area (Å²) in [4.78, 5) is 14.1. The van der Waals surface area contributed by atoms with Crippen molar-refractivity contribution in [3.8, 4) is 0 Å². The number of benzene rings is 1. The highest BCUT2D eigenvalue weighted by Crippen LogP contribution is 2.31. The van der Waals surface area contributed by atoms with Gasteiger partial charge in [0, 0.05) is 29.3 Å². The molecule has 2 rings (SSSR count). The first kappa shape index (κ1) is 15.3. The van der Waals surface area contributed by atoms with Crippen LogP contribution < -0.4 is 5.32 Å². The van der Waals surface area contributed by atoms with Gasteiger partial charge in [-0.2, -0.15) is 0 Å². The van der Waals surface area contributed by atoms with Gasteiger partial charge in [0.15, 0.2) is 0 Å². The Bertz CT molecular complexity index is 483. The highest BCUT2D eigenvalue weighted by atomic mass is 79.9. The third-order valence-corrected chi connectivity index (χ3v) is 4.73. The highest BCUT2D eigenvalue weighted by molar-refractivity contribution is 9.10. The number of nitrogens with zero attached hydrogens (tertiary/aromatic N) is 1. The molecule has 2 N–H and O–H groups in total. The SMILES string of the molecule is CC(C)N1CCC(Nc2ccccc2Br)(C(=O)O)CC1. The molecule has 4 nitrogen and oxygen atoms in total. The van der Waals surface area contributed by atoms with Crippen LogP contribution in [0.3, 0.4) is 0 Å². The maximum Gasteiger partial charge on any atom is 0.329 e. The molecule has 0 radical (unpaired) electrons. The number of hydrogen-bond donors (Lipinski definition) is 2. The molecule has 0 spiro atoms. The Labute approximate surface area is 128 Å². The Kier molecular flexibility index (Phi) is 4.70. The predicted octanol–water partition coefficient (Wildman–Crippen LogP) is 3.19. The number of para-hydroxylation sites is 1. The molecule has 0 bridgehead atoms. The maximum absolute atomic E-state index is 11.8. The van der Waals surface area contributed by atoms with E-state index in [0.717, 1.165) is 23.2 Å². The number of anilines is 1. The summed E-state index contributed by atoms with van der Waals surface area (Å²) < 4.78 is 0.895. The molecule has 0 aliphatic carbocycles. The Balaban J connectivity index is 2.16. The minimum absolute atomic E-state index is 0.463. The van der Waals surface area contributed by atoms with Crippen molar-refractivity contribution in [1.82, 2.24) is 4.90 Å². The molecule has 1 aromatic carbocycles. The molecule has 0 unspecified atom stereocenters. The number of likely N-dealkylation sites (tertiary alicyclic amines) is 1. The molecule has 110 valence electrons. The molecule has 5 heteroatoms. The lowest BCUT2D eigenvalue weighted by Crippen LogP contribution is -2.55. The van der Waals surface area contributed by atoms with Gasteiger partial charge < -0.3 is 15.3 Å². The van der Waals surface area contributed by atoms with Crippen LogP contribution in [0.15, 0.2) is 28.7 Å². The normalized spacial score (nSPS) is 19.0. The zero-order valence-electron chi connectivity index (χ0n) is 11.9. The van der Waals surface area contributed by atoms with Gasteiger partial charge in [0.25, 0.3) is 0 Å². The zero-order valence-corrected chi connectivity index (χ0v) is 13.5. The summed E-state index contributed by atoms with van der Waals surface area (Å²) in [5.41, 5.74) is -0.0252. The van der Waals surface area contributed by atoms with Crippen molar-refractivity contribution in [3.05, 3.63) is 28.7 Å². The van der Waals surface area contributed by atoms with E-state index in [1.807, 2.05) is 24.3 Å². The molecule has 0 saturated carbocycles. The second-order valence-electron chi connectivity index (χ2n) is 5.62. The molecule has 1 aliphatic rings. The monoisotopic (exact) mass is 340 g/mol.